The van der Waals surface area contributed by atoms with E-state index in [0.29, 0.717) is 12.7 Å². The van der Waals surface area contributed by atoms with Crippen LogP contribution in [0.3, 0.4) is 0 Å². The Morgan fingerprint density at radius 2 is 2.08 bits per heavy atom. The summed E-state index contributed by atoms with van der Waals surface area (Å²) in [6.07, 6.45) is 1.31. The van der Waals surface area contributed by atoms with Crippen LogP contribution in [-0.4, -0.2) is 32.3 Å². The van der Waals surface area contributed by atoms with Gasteiger partial charge in [0, 0.05) is 34.7 Å². The van der Waals surface area contributed by atoms with E-state index in [0.717, 1.165) is 65.6 Å². The SMILES string of the molecule is Clc1ccc(COc2ccc(Br)cc2CNCCC2CNCCO2)cc1. The summed E-state index contributed by atoms with van der Waals surface area (Å²) in [7, 11) is 0. The zero-order valence-electron chi connectivity index (χ0n) is 14.6. The molecule has 2 N–H and O–H groups in total. The third kappa shape index (κ3) is 6.25. The molecule has 1 heterocycles. The lowest BCUT2D eigenvalue weighted by molar-refractivity contribution is 0.0238. The van der Waals surface area contributed by atoms with Crippen molar-refractivity contribution in [1.82, 2.24) is 10.6 Å². The molecular formula is C20H24BrClN2O2. The second-order valence-corrected chi connectivity index (χ2v) is 7.68. The highest BCUT2D eigenvalue weighted by Crippen LogP contribution is 2.24. The maximum atomic E-state index is 6.03. The molecule has 2 aromatic rings. The highest BCUT2D eigenvalue weighted by molar-refractivity contribution is 9.10. The van der Waals surface area contributed by atoms with Crippen LogP contribution in [0, 0.1) is 0 Å². The van der Waals surface area contributed by atoms with Crippen LogP contribution in [0.15, 0.2) is 46.9 Å². The van der Waals surface area contributed by atoms with Gasteiger partial charge < -0.3 is 20.1 Å². The first-order valence-electron chi connectivity index (χ1n) is 8.89. The fraction of sp³-hybridized carbons (Fsp3) is 0.400. The van der Waals surface area contributed by atoms with Crippen molar-refractivity contribution < 1.29 is 9.47 Å². The Labute approximate surface area is 168 Å². The zero-order chi connectivity index (χ0) is 18.2. The van der Waals surface area contributed by atoms with E-state index in [2.05, 4.69) is 32.6 Å². The van der Waals surface area contributed by atoms with Crippen LogP contribution in [0.5, 0.6) is 5.75 Å². The quantitative estimate of drug-likeness (QED) is 0.606. The molecule has 1 aliphatic rings. The van der Waals surface area contributed by atoms with Gasteiger partial charge in [-0.25, -0.2) is 0 Å². The third-order valence-corrected chi connectivity index (χ3v) is 5.04. The Kier molecular flexibility index (Phi) is 7.77. The summed E-state index contributed by atoms with van der Waals surface area (Å²) in [5.41, 5.74) is 2.23. The van der Waals surface area contributed by atoms with E-state index in [-0.39, 0.29) is 0 Å². The van der Waals surface area contributed by atoms with Crippen molar-refractivity contribution in [2.75, 3.05) is 26.2 Å². The summed E-state index contributed by atoms with van der Waals surface area (Å²) < 4.78 is 12.8. The predicted molar refractivity (Wildman–Crippen MR) is 109 cm³/mol. The van der Waals surface area contributed by atoms with E-state index in [9.17, 15) is 0 Å². The molecule has 0 amide bonds. The summed E-state index contributed by atoms with van der Waals surface area (Å²) >= 11 is 9.48. The molecule has 3 rings (SSSR count). The first-order valence-corrected chi connectivity index (χ1v) is 10.1. The number of halogens is 2. The Balaban J connectivity index is 1.50. The monoisotopic (exact) mass is 438 g/mol. The summed E-state index contributed by atoms with van der Waals surface area (Å²) in [4.78, 5) is 0. The molecule has 0 saturated carbocycles. The lowest BCUT2D eigenvalue weighted by Gasteiger charge is -2.23. The molecule has 6 heteroatoms. The number of morpholine rings is 1. The standard InChI is InChI=1S/C20H24BrClN2O2/c21-17-3-6-20(26-14-15-1-4-18(22)5-2-15)16(11-17)12-23-8-7-19-13-24-9-10-25-19/h1-6,11,19,23-24H,7-10,12-14H2. The Hall–Kier alpha value is -1.11. The van der Waals surface area contributed by atoms with E-state index in [1.54, 1.807) is 0 Å². The Morgan fingerprint density at radius 3 is 2.85 bits per heavy atom. The minimum atomic E-state index is 0.305. The van der Waals surface area contributed by atoms with E-state index >= 15 is 0 Å². The molecule has 0 radical (unpaired) electrons. The van der Waals surface area contributed by atoms with Gasteiger partial charge in [-0.15, -0.1) is 0 Å². The van der Waals surface area contributed by atoms with Gasteiger partial charge in [0.15, 0.2) is 0 Å². The molecule has 2 aromatic carbocycles. The third-order valence-electron chi connectivity index (χ3n) is 4.29. The minimum Gasteiger partial charge on any atom is -0.489 e. The molecule has 1 atom stereocenters. The fourth-order valence-corrected chi connectivity index (χ4v) is 3.39. The van der Waals surface area contributed by atoms with Gasteiger partial charge >= 0.3 is 0 Å². The Bertz CT molecular complexity index is 691. The molecule has 1 saturated heterocycles. The molecule has 4 nitrogen and oxygen atoms in total. The van der Waals surface area contributed by atoms with Crippen LogP contribution in [0.25, 0.3) is 0 Å². The molecule has 0 aromatic heterocycles. The van der Waals surface area contributed by atoms with Gasteiger partial charge in [-0.3, -0.25) is 0 Å². The van der Waals surface area contributed by atoms with Crippen LogP contribution < -0.4 is 15.4 Å². The molecular weight excluding hydrogens is 416 g/mol. The van der Waals surface area contributed by atoms with Crippen molar-refractivity contribution in [3.63, 3.8) is 0 Å². The van der Waals surface area contributed by atoms with Crippen molar-refractivity contribution in [3.8, 4) is 5.75 Å². The smallest absolute Gasteiger partial charge is 0.124 e. The average Bonchev–Trinajstić information content (AvgIpc) is 2.67. The largest absolute Gasteiger partial charge is 0.489 e. The van der Waals surface area contributed by atoms with E-state index in [1.807, 2.05) is 36.4 Å². The number of ether oxygens (including phenoxy) is 2. The molecule has 1 aliphatic heterocycles. The first-order chi connectivity index (χ1) is 12.7. The zero-order valence-corrected chi connectivity index (χ0v) is 17.0. The second-order valence-electron chi connectivity index (χ2n) is 6.33. The molecule has 0 bridgehead atoms. The van der Waals surface area contributed by atoms with Gasteiger partial charge in [-0.05, 0) is 48.9 Å². The lowest BCUT2D eigenvalue weighted by Crippen LogP contribution is -2.39. The van der Waals surface area contributed by atoms with E-state index in [4.69, 9.17) is 21.1 Å². The first kappa shape index (κ1) is 19.6. The van der Waals surface area contributed by atoms with Gasteiger partial charge in [-0.2, -0.15) is 0 Å². The van der Waals surface area contributed by atoms with Crippen LogP contribution in [0.4, 0.5) is 0 Å². The topological polar surface area (TPSA) is 42.5 Å². The molecule has 0 spiro atoms. The molecule has 1 fully saturated rings. The number of benzene rings is 2. The van der Waals surface area contributed by atoms with Gasteiger partial charge in [0.1, 0.15) is 12.4 Å². The van der Waals surface area contributed by atoms with Crippen molar-refractivity contribution in [1.29, 1.82) is 0 Å². The van der Waals surface area contributed by atoms with Crippen molar-refractivity contribution in [3.05, 3.63) is 63.1 Å². The highest BCUT2D eigenvalue weighted by Gasteiger charge is 2.12. The number of hydrogen-bond donors (Lipinski definition) is 2. The van der Waals surface area contributed by atoms with Gasteiger partial charge in [0.05, 0.1) is 12.7 Å². The average molecular weight is 440 g/mol. The second kappa shape index (κ2) is 10.3. The summed E-state index contributed by atoms with van der Waals surface area (Å²) in [6.45, 7) is 4.89. The normalized spacial score (nSPS) is 17.2. The molecule has 1 unspecified atom stereocenters. The van der Waals surface area contributed by atoms with E-state index < -0.39 is 0 Å². The van der Waals surface area contributed by atoms with Gasteiger partial charge in [0.2, 0.25) is 0 Å². The Morgan fingerprint density at radius 1 is 1.23 bits per heavy atom. The minimum absolute atomic E-state index is 0.305. The van der Waals surface area contributed by atoms with Gasteiger partial charge in [-0.1, -0.05) is 39.7 Å². The number of nitrogens with one attached hydrogen (secondary N) is 2. The molecule has 0 aliphatic carbocycles. The predicted octanol–water partition coefficient (Wildman–Crippen LogP) is 4.15. The number of rotatable bonds is 8. The molecule has 26 heavy (non-hydrogen) atoms. The summed E-state index contributed by atoms with van der Waals surface area (Å²) in [6, 6.07) is 13.8. The number of hydrogen-bond acceptors (Lipinski definition) is 4. The van der Waals surface area contributed by atoms with Crippen LogP contribution in [0.1, 0.15) is 17.5 Å². The lowest BCUT2D eigenvalue weighted by atomic mass is 10.2. The van der Waals surface area contributed by atoms with Crippen molar-refractivity contribution >= 4 is 27.5 Å². The van der Waals surface area contributed by atoms with E-state index in [1.165, 1.54) is 0 Å². The van der Waals surface area contributed by atoms with Crippen molar-refractivity contribution in [2.45, 2.75) is 25.7 Å². The fourth-order valence-electron chi connectivity index (χ4n) is 2.86. The van der Waals surface area contributed by atoms with Gasteiger partial charge in [0.25, 0.3) is 0 Å². The summed E-state index contributed by atoms with van der Waals surface area (Å²) in [5, 5.41) is 7.59. The summed E-state index contributed by atoms with van der Waals surface area (Å²) in [5.74, 6) is 0.895. The molecule has 140 valence electrons. The van der Waals surface area contributed by atoms with Crippen LogP contribution in [0.2, 0.25) is 5.02 Å². The van der Waals surface area contributed by atoms with Crippen LogP contribution >= 0.6 is 27.5 Å². The maximum Gasteiger partial charge on any atom is 0.124 e. The van der Waals surface area contributed by atoms with Crippen LogP contribution in [-0.2, 0) is 17.9 Å². The highest BCUT2D eigenvalue weighted by atomic mass is 79.9. The maximum absolute atomic E-state index is 6.03. The van der Waals surface area contributed by atoms with Crippen molar-refractivity contribution in [2.24, 2.45) is 0 Å².